The lowest BCUT2D eigenvalue weighted by Gasteiger charge is -2.27. The van der Waals surface area contributed by atoms with E-state index in [1.54, 1.807) is 30.1 Å². The van der Waals surface area contributed by atoms with Crippen molar-refractivity contribution in [1.82, 2.24) is 4.90 Å². The molecule has 2 aromatic carbocycles. The number of benzene rings is 2. The highest BCUT2D eigenvalue weighted by atomic mass is 32.2. The third-order valence-corrected chi connectivity index (χ3v) is 6.01. The molecule has 0 unspecified atom stereocenters. The van der Waals surface area contributed by atoms with E-state index < -0.39 is 9.84 Å². The van der Waals surface area contributed by atoms with Crippen molar-refractivity contribution in [3.63, 3.8) is 0 Å². The third kappa shape index (κ3) is 6.49. The topological polar surface area (TPSA) is 66.9 Å². The number of carbonyl (C=O) groups is 1. The Morgan fingerprint density at radius 2 is 1.77 bits per heavy atom. The Labute approximate surface area is 180 Å². The van der Waals surface area contributed by atoms with Crippen LogP contribution in [0, 0.1) is 0 Å². The van der Waals surface area contributed by atoms with Crippen LogP contribution in [0.3, 0.4) is 0 Å². The van der Waals surface area contributed by atoms with E-state index in [2.05, 4.69) is 25.7 Å². The number of hydrogen-bond acceptors (Lipinski definition) is 5. The number of sulfone groups is 1. The first kappa shape index (κ1) is 23.7. The zero-order chi connectivity index (χ0) is 22.3. The largest absolute Gasteiger partial charge is 0.493 e. The maximum Gasteiger partial charge on any atom is 0.253 e. The van der Waals surface area contributed by atoms with E-state index in [-0.39, 0.29) is 10.8 Å². The maximum atomic E-state index is 12.7. The van der Waals surface area contributed by atoms with Gasteiger partial charge in [-0.1, -0.05) is 6.07 Å². The molecular weight excluding hydrogens is 400 g/mol. The summed E-state index contributed by atoms with van der Waals surface area (Å²) in [6.45, 7) is 8.26. The Morgan fingerprint density at radius 1 is 1.10 bits per heavy atom. The molecule has 0 aliphatic rings. The maximum absolute atomic E-state index is 12.7. The Morgan fingerprint density at radius 3 is 2.33 bits per heavy atom. The minimum absolute atomic E-state index is 0.0341. The van der Waals surface area contributed by atoms with Crippen molar-refractivity contribution in [3.05, 3.63) is 54.1 Å². The minimum atomic E-state index is -3.26. The summed E-state index contributed by atoms with van der Waals surface area (Å²) in [4.78, 5) is 16.8. The van der Waals surface area contributed by atoms with Crippen LogP contribution in [-0.4, -0.2) is 58.3 Å². The highest BCUT2D eigenvalue weighted by Gasteiger charge is 2.14. The van der Waals surface area contributed by atoms with Crippen LogP contribution in [0.25, 0.3) is 0 Å². The summed E-state index contributed by atoms with van der Waals surface area (Å²) in [7, 11) is -1.49. The first-order chi connectivity index (χ1) is 14.1. The molecular formula is C23H32N2O4S. The molecule has 2 rings (SSSR count). The van der Waals surface area contributed by atoms with Gasteiger partial charge in [-0.2, -0.15) is 0 Å². The quantitative estimate of drug-likeness (QED) is 0.533. The van der Waals surface area contributed by atoms with Crippen LogP contribution < -0.4 is 9.64 Å². The number of nitrogens with zero attached hydrogens (tertiary/aromatic N) is 2. The molecule has 0 radical (unpaired) electrons. The van der Waals surface area contributed by atoms with E-state index in [9.17, 15) is 13.2 Å². The summed E-state index contributed by atoms with van der Waals surface area (Å²) in [5, 5.41) is 0. The van der Waals surface area contributed by atoms with Crippen molar-refractivity contribution in [2.45, 2.75) is 38.1 Å². The highest BCUT2D eigenvalue weighted by Crippen LogP contribution is 2.19. The van der Waals surface area contributed by atoms with Gasteiger partial charge < -0.3 is 14.5 Å². The second-order valence-electron chi connectivity index (χ2n) is 7.60. The summed E-state index contributed by atoms with van der Waals surface area (Å²) < 4.78 is 28.9. The van der Waals surface area contributed by atoms with Crippen molar-refractivity contribution in [2.75, 3.05) is 37.9 Å². The van der Waals surface area contributed by atoms with E-state index in [0.29, 0.717) is 36.9 Å². The van der Waals surface area contributed by atoms with Crippen LogP contribution in [0.2, 0.25) is 0 Å². The lowest BCUT2D eigenvalue weighted by molar-refractivity contribution is 0.0788. The van der Waals surface area contributed by atoms with Crippen LogP contribution in [0.1, 0.15) is 37.6 Å². The van der Waals surface area contributed by atoms with Gasteiger partial charge in [0, 0.05) is 43.7 Å². The molecule has 0 saturated carbocycles. The first-order valence-corrected chi connectivity index (χ1v) is 12.1. The van der Waals surface area contributed by atoms with Gasteiger partial charge in [-0.3, -0.25) is 4.79 Å². The molecule has 0 spiro atoms. The van der Waals surface area contributed by atoms with Gasteiger partial charge in [-0.25, -0.2) is 8.42 Å². The van der Waals surface area contributed by atoms with Gasteiger partial charge in [-0.05, 0) is 69.7 Å². The summed E-state index contributed by atoms with van der Waals surface area (Å²) >= 11 is 0. The van der Waals surface area contributed by atoms with E-state index in [0.717, 1.165) is 12.2 Å². The Balaban J connectivity index is 1.86. The number of hydrogen-bond donors (Lipinski definition) is 0. The van der Waals surface area contributed by atoms with Gasteiger partial charge >= 0.3 is 0 Å². The van der Waals surface area contributed by atoms with Gasteiger partial charge in [0.2, 0.25) is 0 Å². The molecule has 0 bridgehead atoms. The zero-order valence-electron chi connectivity index (χ0n) is 18.5. The van der Waals surface area contributed by atoms with Crippen LogP contribution in [0.15, 0.2) is 53.4 Å². The molecule has 6 nitrogen and oxygen atoms in total. The van der Waals surface area contributed by atoms with E-state index in [4.69, 9.17) is 4.74 Å². The lowest BCUT2D eigenvalue weighted by Crippen LogP contribution is -2.31. The monoisotopic (exact) mass is 432 g/mol. The summed E-state index contributed by atoms with van der Waals surface area (Å²) in [6, 6.07) is 14.6. The van der Waals surface area contributed by atoms with E-state index >= 15 is 0 Å². The average molecular weight is 433 g/mol. The fourth-order valence-corrected chi connectivity index (χ4v) is 3.91. The van der Waals surface area contributed by atoms with Crippen LogP contribution in [0.4, 0.5) is 5.69 Å². The van der Waals surface area contributed by atoms with Crippen LogP contribution in [0.5, 0.6) is 5.75 Å². The Bertz CT molecular complexity index is 940. The van der Waals surface area contributed by atoms with Gasteiger partial charge in [0.15, 0.2) is 9.84 Å². The number of ether oxygens (including phenoxy) is 1. The molecule has 7 heteroatoms. The summed E-state index contributed by atoms with van der Waals surface area (Å²) in [5.74, 6) is 0.473. The summed E-state index contributed by atoms with van der Waals surface area (Å²) in [6.07, 6.45) is 1.81. The van der Waals surface area contributed by atoms with Crippen LogP contribution >= 0.6 is 0 Å². The smallest absolute Gasteiger partial charge is 0.253 e. The molecule has 2 aromatic rings. The predicted octanol–water partition coefficient (Wildman–Crippen LogP) is 3.87. The zero-order valence-corrected chi connectivity index (χ0v) is 19.3. The molecule has 0 fully saturated rings. The van der Waals surface area contributed by atoms with Crippen molar-refractivity contribution in [1.29, 1.82) is 0 Å². The standard InChI is InChI=1S/C23H32N2O4S/c1-6-25(18(2)3)20-13-11-19(12-14-20)23(26)24(4)15-8-16-29-21-9-7-10-22(17-21)30(5,27)28/h7,9-14,17-18H,6,8,15-16H2,1-5H3. The van der Waals surface area contributed by atoms with Crippen molar-refractivity contribution in [3.8, 4) is 5.75 Å². The number of rotatable bonds is 10. The molecule has 0 N–H and O–H groups in total. The van der Waals surface area contributed by atoms with Crippen molar-refractivity contribution < 1.29 is 17.9 Å². The second-order valence-corrected chi connectivity index (χ2v) is 9.62. The fraction of sp³-hybridized carbons (Fsp3) is 0.435. The minimum Gasteiger partial charge on any atom is -0.493 e. The van der Waals surface area contributed by atoms with Crippen molar-refractivity contribution >= 4 is 21.4 Å². The van der Waals surface area contributed by atoms with Gasteiger partial charge in [0.25, 0.3) is 5.91 Å². The van der Waals surface area contributed by atoms with Gasteiger partial charge in [0.1, 0.15) is 5.75 Å². The fourth-order valence-electron chi connectivity index (χ4n) is 3.25. The third-order valence-electron chi connectivity index (χ3n) is 4.90. The molecule has 0 aliphatic carbocycles. The summed E-state index contributed by atoms with van der Waals surface area (Å²) in [5.41, 5.74) is 1.76. The van der Waals surface area contributed by atoms with Crippen LogP contribution in [-0.2, 0) is 9.84 Å². The van der Waals surface area contributed by atoms with Crippen molar-refractivity contribution in [2.24, 2.45) is 0 Å². The molecule has 1 amide bonds. The number of amides is 1. The molecule has 0 atom stereocenters. The highest BCUT2D eigenvalue weighted by molar-refractivity contribution is 7.90. The average Bonchev–Trinajstić information content (AvgIpc) is 2.71. The molecule has 0 heterocycles. The predicted molar refractivity (Wildman–Crippen MR) is 121 cm³/mol. The molecule has 164 valence electrons. The molecule has 30 heavy (non-hydrogen) atoms. The SMILES string of the molecule is CCN(c1ccc(C(=O)N(C)CCCOc2cccc(S(C)(=O)=O)c2)cc1)C(C)C. The Kier molecular flexibility index (Phi) is 8.29. The molecule has 0 aliphatic heterocycles. The lowest BCUT2D eigenvalue weighted by atomic mass is 10.1. The normalized spacial score (nSPS) is 11.4. The van der Waals surface area contributed by atoms with Gasteiger partial charge in [0.05, 0.1) is 11.5 Å². The Hall–Kier alpha value is -2.54. The number of anilines is 1. The number of carbonyl (C=O) groups excluding carboxylic acids is 1. The first-order valence-electron chi connectivity index (χ1n) is 10.2. The second kappa shape index (κ2) is 10.5. The molecule has 0 aromatic heterocycles. The van der Waals surface area contributed by atoms with E-state index in [1.165, 1.54) is 12.3 Å². The molecule has 0 saturated heterocycles. The van der Waals surface area contributed by atoms with E-state index in [1.807, 2.05) is 24.3 Å². The van der Waals surface area contributed by atoms with Gasteiger partial charge in [-0.15, -0.1) is 0 Å².